The van der Waals surface area contributed by atoms with Crippen molar-refractivity contribution in [3.63, 3.8) is 0 Å². The number of aliphatic hydroxyl groups excluding tert-OH is 1. The lowest BCUT2D eigenvalue weighted by Gasteiger charge is -1.98. The van der Waals surface area contributed by atoms with Crippen molar-refractivity contribution in [3.8, 4) is 0 Å². The van der Waals surface area contributed by atoms with E-state index >= 15 is 0 Å². The van der Waals surface area contributed by atoms with Gasteiger partial charge in [0.25, 0.3) is 0 Å². The molecule has 13 heavy (non-hydrogen) atoms. The van der Waals surface area contributed by atoms with E-state index in [0.717, 1.165) is 16.6 Å². The summed E-state index contributed by atoms with van der Waals surface area (Å²) in [7, 11) is 0. The first-order valence-electron chi connectivity index (χ1n) is 4.35. The van der Waals surface area contributed by atoms with Gasteiger partial charge in [0.1, 0.15) is 5.65 Å². The van der Waals surface area contributed by atoms with Crippen LogP contribution in [0.3, 0.4) is 0 Å². The molecule has 0 aliphatic carbocycles. The molecule has 0 bridgehead atoms. The lowest BCUT2D eigenvalue weighted by Crippen LogP contribution is -1.89. The number of aromatic amines is 1. The van der Waals surface area contributed by atoms with Gasteiger partial charge in [0, 0.05) is 24.4 Å². The lowest BCUT2D eigenvalue weighted by atomic mass is 10.1. The van der Waals surface area contributed by atoms with Crippen molar-refractivity contribution in [2.24, 2.45) is 0 Å². The molecule has 2 heterocycles. The summed E-state index contributed by atoms with van der Waals surface area (Å²) in [6.07, 6.45) is 4.39. The lowest BCUT2D eigenvalue weighted by molar-refractivity contribution is 0.300. The fraction of sp³-hybridized carbons (Fsp3) is 0.300. The largest absolute Gasteiger partial charge is 0.396 e. The maximum absolute atomic E-state index is 8.85. The molecule has 2 N–H and O–H groups in total. The molecule has 0 aliphatic heterocycles. The highest BCUT2D eigenvalue weighted by Gasteiger charge is 2.05. The minimum Gasteiger partial charge on any atom is -0.396 e. The number of hydrogen-bond acceptors (Lipinski definition) is 2. The maximum atomic E-state index is 8.85. The molecule has 68 valence electrons. The number of rotatable bonds is 2. The van der Waals surface area contributed by atoms with Crippen LogP contribution in [0.2, 0.25) is 0 Å². The van der Waals surface area contributed by atoms with Crippen LogP contribution in [0.1, 0.15) is 11.1 Å². The highest BCUT2D eigenvalue weighted by molar-refractivity contribution is 5.83. The van der Waals surface area contributed by atoms with Crippen molar-refractivity contribution in [2.45, 2.75) is 13.3 Å². The zero-order valence-electron chi connectivity index (χ0n) is 7.54. The van der Waals surface area contributed by atoms with Crippen molar-refractivity contribution < 1.29 is 5.11 Å². The van der Waals surface area contributed by atoms with Gasteiger partial charge in [-0.3, -0.25) is 0 Å². The maximum Gasteiger partial charge on any atom is 0.137 e. The molecular formula is C10H12N2O. The average molecular weight is 176 g/mol. The highest BCUT2D eigenvalue weighted by Crippen LogP contribution is 2.20. The molecule has 0 spiro atoms. The van der Waals surface area contributed by atoms with Crippen LogP contribution >= 0.6 is 0 Å². The van der Waals surface area contributed by atoms with Gasteiger partial charge in [0.15, 0.2) is 0 Å². The van der Waals surface area contributed by atoms with Crippen LogP contribution in [0.4, 0.5) is 0 Å². The molecule has 0 unspecified atom stereocenters. The Morgan fingerprint density at radius 1 is 1.54 bits per heavy atom. The summed E-state index contributed by atoms with van der Waals surface area (Å²) in [4.78, 5) is 7.30. The molecule has 3 nitrogen and oxygen atoms in total. The summed E-state index contributed by atoms with van der Waals surface area (Å²) >= 11 is 0. The van der Waals surface area contributed by atoms with E-state index < -0.39 is 0 Å². The first-order chi connectivity index (χ1) is 6.33. The summed E-state index contributed by atoms with van der Waals surface area (Å²) < 4.78 is 0. The second kappa shape index (κ2) is 3.18. The van der Waals surface area contributed by atoms with Crippen molar-refractivity contribution in [2.75, 3.05) is 6.61 Å². The first kappa shape index (κ1) is 8.26. The van der Waals surface area contributed by atoms with Gasteiger partial charge in [-0.25, -0.2) is 4.98 Å². The minimum atomic E-state index is 0.182. The SMILES string of the molecule is Cc1ccnc2[nH]cc(CCO)c12. The fourth-order valence-corrected chi connectivity index (χ4v) is 1.62. The predicted molar refractivity (Wildman–Crippen MR) is 51.6 cm³/mol. The smallest absolute Gasteiger partial charge is 0.137 e. The van der Waals surface area contributed by atoms with Crippen molar-refractivity contribution in [1.29, 1.82) is 0 Å². The second-order valence-electron chi connectivity index (χ2n) is 3.14. The van der Waals surface area contributed by atoms with Gasteiger partial charge in [-0.15, -0.1) is 0 Å². The monoisotopic (exact) mass is 176 g/mol. The molecule has 0 radical (unpaired) electrons. The molecule has 0 aromatic carbocycles. The van der Waals surface area contributed by atoms with Crippen LogP contribution in [0, 0.1) is 6.92 Å². The summed E-state index contributed by atoms with van der Waals surface area (Å²) in [5.41, 5.74) is 3.25. The Bertz CT molecular complexity index is 420. The Kier molecular flexibility index (Phi) is 2.02. The van der Waals surface area contributed by atoms with Crippen LogP contribution in [0.5, 0.6) is 0 Å². The van der Waals surface area contributed by atoms with Crippen molar-refractivity contribution in [3.05, 3.63) is 29.6 Å². The molecule has 0 saturated heterocycles. The number of fused-ring (bicyclic) bond motifs is 1. The number of H-pyrrole nitrogens is 1. The number of hydrogen-bond donors (Lipinski definition) is 2. The highest BCUT2D eigenvalue weighted by atomic mass is 16.2. The number of nitrogens with zero attached hydrogens (tertiary/aromatic N) is 1. The molecule has 2 aromatic heterocycles. The van der Waals surface area contributed by atoms with Crippen molar-refractivity contribution in [1.82, 2.24) is 9.97 Å². The van der Waals surface area contributed by atoms with E-state index in [9.17, 15) is 0 Å². The summed E-state index contributed by atoms with van der Waals surface area (Å²) in [6.45, 7) is 2.24. The second-order valence-corrected chi connectivity index (χ2v) is 3.14. The molecule has 0 atom stereocenters. The summed E-state index contributed by atoms with van der Waals surface area (Å²) in [5, 5.41) is 10.0. The van der Waals surface area contributed by atoms with E-state index in [1.54, 1.807) is 6.20 Å². The van der Waals surface area contributed by atoms with Gasteiger partial charge in [-0.2, -0.15) is 0 Å². The van der Waals surface area contributed by atoms with Crippen LogP contribution in [0.25, 0.3) is 11.0 Å². The Labute approximate surface area is 76.4 Å². The minimum absolute atomic E-state index is 0.182. The quantitative estimate of drug-likeness (QED) is 0.726. The standard InChI is InChI=1S/C10H12N2O/c1-7-2-4-11-10-9(7)8(3-5-13)6-12-10/h2,4,6,13H,3,5H2,1H3,(H,11,12). The van der Waals surface area contributed by atoms with E-state index in [4.69, 9.17) is 5.11 Å². The molecule has 3 heteroatoms. The van der Waals surface area contributed by atoms with E-state index in [0.29, 0.717) is 6.42 Å². The van der Waals surface area contributed by atoms with E-state index in [1.807, 2.05) is 12.3 Å². The number of aliphatic hydroxyl groups is 1. The van der Waals surface area contributed by atoms with Crippen LogP contribution in [0.15, 0.2) is 18.5 Å². The van der Waals surface area contributed by atoms with Crippen molar-refractivity contribution >= 4 is 11.0 Å². The Morgan fingerprint density at radius 2 is 2.38 bits per heavy atom. The van der Waals surface area contributed by atoms with Gasteiger partial charge in [0.2, 0.25) is 0 Å². The predicted octanol–water partition coefficient (Wildman–Crippen LogP) is 1.41. The number of pyridine rings is 1. The molecule has 2 aromatic rings. The molecule has 0 amide bonds. The molecular weight excluding hydrogens is 164 g/mol. The molecule has 0 saturated carbocycles. The average Bonchev–Trinajstić information content (AvgIpc) is 2.51. The van der Waals surface area contributed by atoms with Crippen LogP contribution in [-0.2, 0) is 6.42 Å². The fourth-order valence-electron chi connectivity index (χ4n) is 1.62. The third kappa shape index (κ3) is 1.31. The number of aromatic nitrogens is 2. The molecule has 2 rings (SSSR count). The topological polar surface area (TPSA) is 48.9 Å². The van der Waals surface area contributed by atoms with E-state index in [2.05, 4.69) is 16.9 Å². The summed E-state index contributed by atoms with van der Waals surface area (Å²) in [5.74, 6) is 0. The van der Waals surface area contributed by atoms with Gasteiger partial charge >= 0.3 is 0 Å². The van der Waals surface area contributed by atoms with Gasteiger partial charge in [0.05, 0.1) is 0 Å². The number of aryl methyl sites for hydroxylation is 1. The van der Waals surface area contributed by atoms with Crippen LogP contribution < -0.4 is 0 Å². The normalized spacial score (nSPS) is 10.9. The number of nitrogens with one attached hydrogen (secondary N) is 1. The van der Waals surface area contributed by atoms with Gasteiger partial charge in [-0.05, 0) is 30.5 Å². The Morgan fingerprint density at radius 3 is 3.15 bits per heavy atom. The zero-order chi connectivity index (χ0) is 9.26. The Balaban J connectivity index is 2.64. The third-order valence-corrected chi connectivity index (χ3v) is 2.24. The van der Waals surface area contributed by atoms with E-state index in [-0.39, 0.29) is 6.61 Å². The first-order valence-corrected chi connectivity index (χ1v) is 4.35. The summed E-state index contributed by atoms with van der Waals surface area (Å²) in [6, 6.07) is 1.98. The van der Waals surface area contributed by atoms with E-state index in [1.165, 1.54) is 5.56 Å². The van der Waals surface area contributed by atoms with Gasteiger partial charge in [-0.1, -0.05) is 0 Å². The zero-order valence-corrected chi connectivity index (χ0v) is 7.54. The molecule has 0 fully saturated rings. The third-order valence-electron chi connectivity index (χ3n) is 2.24. The van der Waals surface area contributed by atoms with Gasteiger partial charge < -0.3 is 10.1 Å². The molecule has 0 aliphatic rings. The van der Waals surface area contributed by atoms with Crippen LogP contribution in [-0.4, -0.2) is 21.7 Å². The Hall–Kier alpha value is -1.35.